The lowest BCUT2D eigenvalue weighted by Crippen LogP contribution is -2.30. The summed E-state index contributed by atoms with van der Waals surface area (Å²) < 4.78 is 28.2. The number of hydrogen-bond donors (Lipinski definition) is 2. The normalized spacial score (nSPS) is 14.3. The molecule has 1 aromatic heterocycles. The van der Waals surface area contributed by atoms with Gasteiger partial charge in [-0.1, -0.05) is 17.7 Å². The molecular formula is C24H29N5O2S. The van der Waals surface area contributed by atoms with Gasteiger partial charge in [-0.2, -0.15) is 0 Å². The van der Waals surface area contributed by atoms with Gasteiger partial charge in [-0.15, -0.1) is 0 Å². The predicted molar refractivity (Wildman–Crippen MR) is 129 cm³/mol. The van der Waals surface area contributed by atoms with Crippen LogP contribution in [0.5, 0.6) is 0 Å². The number of nitrogens with one attached hydrogen (secondary N) is 2. The van der Waals surface area contributed by atoms with Crippen LogP contribution in [-0.4, -0.2) is 31.5 Å². The summed E-state index contributed by atoms with van der Waals surface area (Å²) in [4.78, 5) is 11.7. The Balaban J connectivity index is 1.48. The van der Waals surface area contributed by atoms with Gasteiger partial charge in [-0.25, -0.2) is 18.4 Å². The fourth-order valence-corrected chi connectivity index (χ4v) is 5.27. The van der Waals surface area contributed by atoms with Gasteiger partial charge in [-0.05, 0) is 75.9 Å². The van der Waals surface area contributed by atoms with Crippen molar-refractivity contribution in [3.05, 3.63) is 65.5 Å². The Morgan fingerprint density at radius 2 is 1.53 bits per heavy atom. The average Bonchev–Trinajstić information content (AvgIpc) is 2.75. The van der Waals surface area contributed by atoms with Gasteiger partial charge in [0.15, 0.2) is 0 Å². The van der Waals surface area contributed by atoms with Gasteiger partial charge in [0.2, 0.25) is 0 Å². The fourth-order valence-electron chi connectivity index (χ4n) is 3.98. The van der Waals surface area contributed by atoms with Crippen LogP contribution in [0.3, 0.4) is 0 Å². The van der Waals surface area contributed by atoms with Crippen LogP contribution >= 0.6 is 0 Å². The van der Waals surface area contributed by atoms with E-state index in [0.717, 1.165) is 41.5 Å². The number of anilines is 4. The number of benzene rings is 2. The van der Waals surface area contributed by atoms with Gasteiger partial charge < -0.3 is 10.2 Å². The molecule has 2 aromatic carbocycles. The lowest BCUT2D eigenvalue weighted by atomic mass is 10.1. The van der Waals surface area contributed by atoms with Crippen molar-refractivity contribution in [2.75, 3.05) is 28.0 Å². The van der Waals surface area contributed by atoms with E-state index < -0.39 is 10.0 Å². The molecule has 0 unspecified atom stereocenters. The molecule has 32 heavy (non-hydrogen) atoms. The molecule has 1 aliphatic rings. The first-order chi connectivity index (χ1) is 15.3. The molecule has 0 amide bonds. The van der Waals surface area contributed by atoms with Crippen LogP contribution in [0.2, 0.25) is 0 Å². The van der Waals surface area contributed by atoms with Crippen molar-refractivity contribution in [1.82, 2.24) is 9.97 Å². The Hall–Kier alpha value is -3.13. The maximum absolute atomic E-state index is 12.8. The molecule has 168 valence electrons. The number of aromatic nitrogens is 2. The molecule has 7 nitrogen and oxygen atoms in total. The lowest BCUT2D eigenvalue weighted by molar-refractivity contribution is 0.572. The average molecular weight is 452 g/mol. The van der Waals surface area contributed by atoms with Gasteiger partial charge in [0.25, 0.3) is 10.0 Å². The van der Waals surface area contributed by atoms with Gasteiger partial charge >= 0.3 is 0 Å². The summed E-state index contributed by atoms with van der Waals surface area (Å²) in [5.74, 6) is 2.38. The monoisotopic (exact) mass is 451 g/mol. The topological polar surface area (TPSA) is 87.2 Å². The molecule has 8 heteroatoms. The number of sulfonamides is 1. The minimum atomic E-state index is -3.65. The van der Waals surface area contributed by atoms with Crippen LogP contribution < -0.4 is 14.9 Å². The molecule has 0 aliphatic carbocycles. The Labute approximate surface area is 190 Å². The molecule has 2 heterocycles. The van der Waals surface area contributed by atoms with E-state index >= 15 is 0 Å². The largest absolute Gasteiger partial charge is 0.356 e. The summed E-state index contributed by atoms with van der Waals surface area (Å²) in [5, 5.41) is 3.31. The van der Waals surface area contributed by atoms with Crippen molar-refractivity contribution in [1.29, 1.82) is 0 Å². The minimum Gasteiger partial charge on any atom is -0.356 e. The Kier molecular flexibility index (Phi) is 6.32. The van der Waals surface area contributed by atoms with Crippen molar-refractivity contribution < 1.29 is 8.42 Å². The Morgan fingerprint density at radius 1 is 0.844 bits per heavy atom. The first-order valence-corrected chi connectivity index (χ1v) is 12.4. The fraction of sp³-hybridized carbons (Fsp3) is 0.333. The van der Waals surface area contributed by atoms with E-state index in [1.807, 2.05) is 38.1 Å². The van der Waals surface area contributed by atoms with Gasteiger partial charge in [0, 0.05) is 30.5 Å². The van der Waals surface area contributed by atoms with Crippen molar-refractivity contribution >= 4 is 33.0 Å². The van der Waals surface area contributed by atoms with E-state index in [0.29, 0.717) is 11.5 Å². The van der Waals surface area contributed by atoms with Crippen molar-refractivity contribution in [3.8, 4) is 0 Å². The van der Waals surface area contributed by atoms with Crippen LogP contribution in [0.25, 0.3) is 0 Å². The SMILES string of the molecule is Cc1ccc(S(=O)(=O)Nc2ccc(Nc3cc(N4CCCCC4)nc(C)n3)cc2)c(C)c1. The van der Waals surface area contributed by atoms with Crippen LogP contribution in [0, 0.1) is 20.8 Å². The number of piperidine rings is 1. The minimum absolute atomic E-state index is 0.284. The first-order valence-electron chi connectivity index (χ1n) is 10.9. The quantitative estimate of drug-likeness (QED) is 0.552. The number of aryl methyl sites for hydroxylation is 3. The third-order valence-electron chi connectivity index (χ3n) is 5.53. The number of rotatable bonds is 6. The second kappa shape index (κ2) is 9.16. The maximum Gasteiger partial charge on any atom is 0.262 e. The van der Waals surface area contributed by atoms with Crippen LogP contribution in [0.15, 0.2) is 53.4 Å². The highest BCUT2D eigenvalue weighted by molar-refractivity contribution is 7.92. The summed E-state index contributed by atoms with van der Waals surface area (Å²) in [5.41, 5.74) is 3.07. The summed E-state index contributed by atoms with van der Waals surface area (Å²) in [7, 11) is -3.65. The molecule has 4 rings (SSSR count). The summed E-state index contributed by atoms with van der Waals surface area (Å²) in [6.07, 6.45) is 3.64. The molecule has 0 saturated carbocycles. The molecule has 1 aliphatic heterocycles. The highest BCUT2D eigenvalue weighted by Gasteiger charge is 2.17. The van der Waals surface area contributed by atoms with Crippen molar-refractivity contribution in [3.63, 3.8) is 0 Å². The highest BCUT2D eigenvalue weighted by atomic mass is 32.2. The molecule has 0 radical (unpaired) electrons. The second-order valence-corrected chi connectivity index (χ2v) is 9.93. The molecule has 1 fully saturated rings. The van der Waals surface area contributed by atoms with Gasteiger partial charge in [0.05, 0.1) is 4.90 Å². The zero-order valence-corrected chi connectivity index (χ0v) is 19.5. The third-order valence-corrected chi connectivity index (χ3v) is 7.08. The second-order valence-electron chi connectivity index (χ2n) is 8.28. The summed E-state index contributed by atoms with van der Waals surface area (Å²) in [6, 6.07) is 14.4. The highest BCUT2D eigenvalue weighted by Crippen LogP contribution is 2.25. The summed E-state index contributed by atoms with van der Waals surface area (Å²) in [6.45, 7) is 7.67. The molecule has 0 atom stereocenters. The zero-order valence-electron chi connectivity index (χ0n) is 18.7. The standard InChI is InChI=1S/C24H29N5O2S/c1-17-7-12-22(18(2)15-17)32(30,31)28-21-10-8-20(9-11-21)27-23-16-24(26-19(3)25-23)29-13-5-4-6-14-29/h7-12,15-16,28H,4-6,13-14H2,1-3H3,(H,25,26,27). The van der Waals surface area contributed by atoms with Gasteiger partial charge in [-0.3, -0.25) is 4.72 Å². The van der Waals surface area contributed by atoms with Crippen molar-refractivity contribution in [2.24, 2.45) is 0 Å². The lowest BCUT2D eigenvalue weighted by Gasteiger charge is -2.28. The van der Waals surface area contributed by atoms with E-state index in [1.54, 1.807) is 31.2 Å². The third kappa shape index (κ3) is 5.19. The van der Waals surface area contributed by atoms with E-state index in [2.05, 4.69) is 24.9 Å². The van der Waals surface area contributed by atoms with Crippen LogP contribution in [0.4, 0.5) is 23.0 Å². The molecule has 1 saturated heterocycles. The van der Waals surface area contributed by atoms with E-state index in [4.69, 9.17) is 0 Å². The Morgan fingerprint density at radius 3 is 2.22 bits per heavy atom. The van der Waals surface area contributed by atoms with Crippen LogP contribution in [-0.2, 0) is 10.0 Å². The molecule has 2 N–H and O–H groups in total. The summed E-state index contributed by atoms with van der Waals surface area (Å²) >= 11 is 0. The Bertz CT molecular complexity index is 1200. The number of nitrogens with zero attached hydrogens (tertiary/aromatic N) is 3. The number of hydrogen-bond acceptors (Lipinski definition) is 6. The zero-order chi connectivity index (χ0) is 22.7. The molecular weight excluding hydrogens is 422 g/mol. The van der Waals surface area contributed by atoms with Crippen molar-refractivity contribution in [2.45, 2.75) is 44.9 Å². The molecule has 3 aromatic rings. The van der Waals surface area contributed by atoms with Crippen LogP contribution in [0.1, 0.15) is 36.2 Å². The molecule has 0 spiro atoms. The van der Waals surface area contributed by atoms with E-state index in [-0.39, 0.29) is 4.90 Å². The predicted octanol–water partition coefficient (Wildman–Crippen LogP) is 4.94. The van der Waals surface area contributed by atoms with E-state index in [9.17, 15) is 8.42 Å². The molecule has 0 bridgehead atoms. The van der Waals surface area contributed by atoms with Gasteiger partial charge in [0.1, 0.15) is 17.5 Å². The van der Waals surface area contributed by atoms with E-state index in [1.165, 1.54) is 19.3 Å². The first kappa shape index (κ1) is 22.1. The maximum atomic E-state index is 12.8. The smallest absolute Gasteiger partial charge is 0.262 e.